The monoisotopic (exact) mass is 161 g/mol. The number of methoxy groups -OCH3 is 1. The van der Waals surface area contributed by atoms with Crippen LogP contribution in [0.4, 0.5) is 0 Å². The van der Waals surface area contributed by atoms with E-state index in [-0.39, 0.29) is 6.04 Å². The molecule has 0 bridgehead atoms. The molecule has 0 aliphatic carbocycles. The van der Waals surface area contributed by atoms with Crippen LogP contribution in [0.25, 0.3) is 0 Å². The molecular formula is C8H19NO2. The third-order valence-corrected chi connectivity index (χ3v) is 1.52. The first-order chi connectivity index (χ1) is 5.07. The van der Waals surface area contributed by atoms with Gasteiger partial charge < -0.3 is 15.2 Å². The number of aliphatic hydroxyl groups excluding tert-OH is 1. The molecule has 0 aliphatic heterocycles. The molecule has 2 atom stereocenters. The topological polar surface area (TPSA) is 41.5 Å². The Morgan fingerprint density at radius 1 is 1.36 bits per heavy atom. The van der Waals surface area contributed by atoms with Crippen molar-refractivity contribution in [2.75, 3.05) is 13.7 Å². The van der Waals surface area contributed by atoms with Gasteiger partial charge in [0.25, 0.3) is 0 Å². The van der Waals surface area contributed by atoms with Crippen LogP contribution in [0.15, 0.2) is 0 Å². The van der Waals surface area contributed by atoms with E-state index in [1.165, 1.54) is 7.11 Å². The Labute approximate surface area is 68.8 Å². The standard InChI is InChI=1S/C8H19NO2/c1-6(2)5-9-7(3)8(10)11-4/h6-10H,5H2,1-4H3. The van der Waals surface area contributed by atoms with Gasteiger partial charge in [-0.3, -0.25) is 0 Å². The predicted molar refractivity (Wildman–Crippen MR) is 45.3 cm³/mol. The van der Waals surface area contributed by atoms with E-state index in [4.69, 9.17) is 9.84 Å². The fraction of sp³-hybridized carbons (Fsp3) is 1.00. The van der Waals surface area contributed by atoms with Crippen LogP contribution in [0, 0.1) is 5.92 Å². The maximum atomic E-state index is 9.15. The SMILES string of the molecule is COC(O)C(C)NCC(C)C. The molecule has 0 heterocycles. The first kappa shape index (κ1) is 10.9. The molecule has 0 radical (unpaired) electrons. The summed E-state index contributed by atoms with van der Waals surface area (Å²) in [7, 11) is 1.50. The molecule has 0 rings (SSSR count). The van der Waals surface area contributed by atoms with E-state index in [0.29, 0.717) is 5.92 Å². The molecule has 2 N–H and O–H groups in total. The van der Waals surface area contributed by atoms with Crippen LogP contribution in [0.5, 0.6) is 0 Å². The lowest BCUT2D eigenvalue weighted by Crippen LogP contribution is -2.40. The maximum absolute atomic E-state index is 9.15. The van der Waals surface area contributed by atoms with Crippen molar-refractivity contribution in [3.63, 3.8) is 0 Å². The summed E-state index contributed by atoms with van der Waals surface area (Å²) < 4.78 is 4.74. The van der Waals surface area contributed by atoms with E-state index >= 15 is 0 Å². The number of hydrogen-bond donors (Lipinski definition) is 2. The van der Waals surface area contributed by atoms with Gasteiger partial charge in [-0.2, -0.15) is 0 Å². The Bertz CT molecular complexity index is 96.1. The highest BCUT2D eigenvalue weighted by atomic mass is 16.6. The Morgan fingerprint density at radius 2 is 1.91 bits per heavy atom. The quantitative estimate of drug-likeness (QED) is 0.580. The van der Waals surface area contributed by atoms with Gasteiger partial charge in [-0.05, 0) is 19.4 Å². The summed E-state index contributed by atoms with van der Waals surface area (Å²) in [5, 5.41) is 12.3. The highest BCUT2D eigenvalue weighted by molar-refractivity contribution is 4.63. The van der Waals surface area contributed by atoms with Crippen LogP contribution in [-0.4, -0.2) is 31.1 Å². The second-order valence-electron chi connectivity index (χ2n) is 3.22. The Kier molecular flexibility index (Phi) is 5.46. The van der Waals surface area contributed by atoms with Gasteiger partial charge in [0.15, 0.2) is 6.29 Å². The van der Waals surface area contributed by atoms with Crippen molar-refractivity contribution in [3.8, 4) is 0 Å². The van der Waals surface area contributed by atoms with Crippen LogP contribution in [0.2, 0.25) is 0 Å². The van der Waals surface area contributed by atoms with Crippen LogP contribution in [0.1, 0.15) is 20.8 Å². The average molecular weight is 161 g/mol. The molecule has 11 heavy (non-hydrogen) atoms. The second kappa shape index (κ2) is 5.52. The van der Waals surface area contributed by atoms with Gasteiger partial charge in [-0.25, -0.2) is 0 Å². The van der Waals surface area contributed by atoms with E-state index in [1.807, 2.05) is 6.92 Å². The van der Waals surface area contributed by atoms with Crippen molar-refractivity contribution < 1.29 is 9.84 Å². The zero-order valence-electron chi connectivity index (χ0n) is 7.79. The first-order valence-electron chi connectivity index (χ1n) is 4.02. The lowest BCUT2D eigenvalue weighted by Gasteiger charge is -2.19. The van der Waals surface area contributed by atoms with E-state index in [9.17, 15) is 0 Å². The second-order valence-corrected chi connectivity index (χ2v) is 3.22. The molecular weight excluding hydrogens is 142 g/mol. The van der Waals surface area contributed by atoms with E-state index < -0.39 is 6.29 Å². The zero-order valence-corrected chi connectivity index (χ0v) is 7.79. The van der Waals surface area contributed by atoms with Crippen molar-refractivity contribution in [1.29, 1.82) is 0 Å². The van der Waals surface area contributed by atoms with Crippen molar-refractivity contribution in [1.82, 2.24) is 5.32 Å². The molecule has 0 aliphatic rings. The number of ether oxygens (including phenoxy) is 1. The van der Waals surface area contributed by atoms with Crippen molar-refractivity contribution in [3.05, 3.63) is 0 Å². The first-order valence-corrected chi connectivity index (χ1v) is 4.02. The highest BCUT2D eigenvalue weighted by Gasteiger charge is 2.11. The van der Waals surface area contributed by atoms with Gasteiger partial charge in [0, 0.05) is 7.11 Å². The van der Waals surface area contributed by atoms with Crippen LogP contribution >= 0.6 is 0 Å². The van der Waals surface area contributed by atoms with Crippen LogP contribution < -0.4 is 5.32 Å². The van der Waals surface area contributed by atoms with E-state index in [2.05, 4.69) is 19.2 Å². The minimum Gasteiger partial charge on any atom is -0.367 e. The van der Waals surface area contributed by atoms with Gasteiger partial charge in [0.2, 0.25) is 0 Å². The molecule has 0 saturated heterocycles. The summed E-state index contributed by atoms with van der Waals surface area (Å²) in [5.41, 5.74) is 0. The van der Waals surface area contributed by atoms with Gasteiger partial charge in [0.1, 0.15) is 0 Å². The van der Waals surface area contributed by atoms with Crippen molar-refractivity contribution in [2.24, 2.45) is 5.92 Å². The van der Waals surface area contributed by atoms with Crippen molar-refractivity contribution in [2.45, 2.75) is 33.1 Å². The molecule has 68 valence electrons. The summed E-state index contributed by atoms with van der Waals surface area (Å²) in [6.07, 6.45) is -0.700. The molecule has 3 nitrogen and oxygen atoms in total. The lowest BCUT2D eigenvalue weighted by atomic mass is 10.2. The maximum Gasteiger partial charge on any atom is 0.169 e. The largest absolute Gasteiger partial charge is 0.367 e. The fourth-order valence-corrected chi connectivity index (χ4v) is 0.727. The van der Waals surface area contributed by atoms with Crippen LogP contribution in [0.3, 0.4) is 0 Å². The van der Waals surface area contributed by atoms with E-state index in [1.54, 1.807) is 0 Å². The normalized spacial score (nSPS) is 16.9. The molecule has 2 unspecified atom stereocenters. The molecule has 0 fully saturated rings. The van der Waals surface area contributed by atoms with Gasteiger partial charge in [-0.1, -0.05) is 13.8 Å². The molecule has 0 aromatic carbocycles. The van der Waals surface area contributed by atoms with Gasteiger partial charge in [0.05, 0.1) is 6.04 Å². The highest BCUT2D eigenvalue weighted by Crippen LogP contribution is 1.95. The summed E-state index contributed by atoms with van der Waals surface area (Å²) in [4.78, 5) is 0. The summed E-state index contributed by atoms with van der Waals surface area (Å²) in [5.74, 6) is 0.599. The Morgan fingerprint density at radius 3 is 2.27 bits per heavy atom. The number of rotatable bonds is 5. The number of hydrogen-bond acceptors (Lipinski definition) is 3. The number of aliphatic hydroxyl groups is 1. The molecule has 0 saturated carbocycles. The van der Waals surface area contributed by atoms with Crippen LogP contribution in [-0.2, 0) is 4.74 Å². The zero-order chi connectivity index (χ0) is 8.85. The summed E-state index contributed by atoms with van der Waals surface area (Å²) >= 11 is 0. The number of nitrogens with one attached hydrogen (secondary N) is 1. The third-order valence-electron chi connectivity index (χ3n) is 1.52. The molecule has 0 amide bonds. The Hall–Kier alpha value is -0.120. The summed E-state index contributed by atoms with van der Waals surface area (Å²) in [6.45, 7) is 7.05. The Balaban J connectivity index is 3.43. The smallest absolute Gasteiger partial charge is 0.169 e. The predicted octanol–water partition coefficient (Wildman–Crippen LogP) is 0.585. The third kappa shape index (κ3) is 5.18. The summed E-state index contributed by atoms with van der Waals surface area (Å²) in [6, 6.07) is 0.00222. The minimum atomic E-state index is -0.700. The molecule has 0 aromatic rings. The molecule has 0 spiro atoms. The van der Waals surface area contributed by atoms with Gasteiger partial charge in [-0.15, -0.1) is 0 Å². The lowest BCUT2D eigenvalue weighted by molar-refractivity contribution is -0.0933. The average Bonchev–Trinajstić information content (AvgIpc) is 1.98. The van der Waals surface area contributed by atoms with Gasteiger partial charge >= 0.3 is 0 Å². The van der Waals surface area contributed by atoms with E-state index in [0.717, 1.165) is 6.54 Å². The van der Waals surface area contributed by atoms with Crippen molar-refractivity contribution >= 4 is 0 Å². The minimum absolute atomic E-state index is 0.00222. The fourth-order valence-electron chi connectivity index (χ4n) is 0.727. The molecule has 3 heteroatoms. The molecule has 0 aromatic heterocycles.